The summed E-state index contributed by atoms with van der Waals surface area (Å²) in [6.45, 7) is 3.82. The first-order chi connectivity index (χ1) is 11.5. The van der Waals surface area contributed by atoms with Gasteiger partial charge in [-0.2, -0.15) is 4.31 Å². The highest BCUT2D eigenvalue weighted by molar-refractivity contribution is 7.89. The van der Waals surface area contributed by atoms with Crippen LogP contribution >= 0.6 is 0 Å². The predicted octanol–water partition coefficient (Wildman–Crippen LogP) is 2.51. The van der Waals surface area contributed by atoms with Crippen LogP contribution < -0.4 is 9.47 Å². The van der Waals surface area contributed by atoms with Gasteiger partial charge in [-0.15, -0.1) is 0 Å². The third kappa shape index (κ3) is 2.65. The summed E-state index contributed by atoms with van der Waals surface area (Å²) in [6, 6.07) is 11.0. The first-order valence-corrected chi connectivity index (χ1v) is 9.46. The lowest BCUT2D eigenvalue weighted by atomic mass is 10.00. The SMILES string of the molecule is Cc1cccc(S(=O)(=O)N2CCc3cc4c(cc3C2)OCCO4)c1. The third-order valence-electron chi connectivity index (χ3n) is 4.47. The van der Waals surface area contributed by atoms with Crippen molar-refractivity contribution in [3.8, 4) is 11.5 Å². The number of ether oxygens (including phenoxy) is 2. The zero-order valence-electron chi connectivity index (χ0n) is 13.5. The maximum absolute atomic E-state index is 12.9. The number of sulfonamides is 1. The maximum atomic E-state index is 12.9. The summed E-state index contributed by atoms with van der Waals surface area (Å²) in [7, 11) is -3.49. The number of aryl methyl sites for hydroxylation is 1. The molecule has 4 rings (SSSR count). The lowest BCUT2D eigenvalue weighted by molar-refractivity contribution is 0.171. The van der Waals surface area contributed by atoms with E-state index in [9.17, 15) is 8.42 Å². The average Bonchev–Trinajstić information content (AvgIpc) is 2.59. The highest BCUT2D eigenvalue weighted by Gasteiger charge is 2.29. The van der Waals surface area contributed by atoms with Gasteiger partial charge in [0.05, 0.1) is 4.90 Å². The Bertz CT molecular complexity index is 892. The van der Waals surface area contributed by atoms with Crippen molar-refractivity contribution in [2.24, 2.45) is 0 Å². The van der Waals surface area contributed by atoms with Crippen molar-refractivity contribution < 1.29 is 17.9 Å². The summed E-state index contributed by atoms with van der Waals surface area (Å²) in [5.41, 5.74) is 3.06. The van der Waals surface area contributed by atoms with E-state index in [1.807, 2.05) is 25.1 Å². The first kappa shape index (κ1) is 15.5. The summed E-state index contributed by atoms with van der Waals surface area (Å²) in [5, 5.41) is 0. The van der Waals surface area contributed by atoms with Gasteiger partial charge in [-0.25, -0.2) is 8.42 Å². The summed E-state index contributed by atoms with van der Waals surface area (Å²) < 4.78 is 38.6. The van der Waals surface area contributed by atoms with Crippen molar-refractivity contribution in [3.63, 3.8) is 0 Å². The van der Waals surface area contributed by atoms with Gasteiger partial charge in [0, 0.05) is 13.1 Å². The van der Waals surface area contributed by atoms with E-state index >= 15 is 0 Å². The van der Waals surface area contributed by atoms with Gasteiger partial charge in [-0.05, 0) is 54.3 Å². The second-order valence-corrected chi connectivity index (χ2v) is 8.11. The van der Waals surface area contributed by atoms with Crippen molar-refractivity contribution in [1.82, 2.24) is 4.31 Å². The van der Waals surface area contributed by atoms with Gasteiger partial charge in [0.2, 0.25) is 10.0 Å². The van der Waals surface area contributed by atoms with Gasteiger partial charge >= 0.3 is 0 Å². The quantitative estimate of drug-likeness (QED) is 0.839. The van der Waals surface area contributed by atoms with E-state index in [0.717, 1.165) is 22.4 Å². The van der Waals surface area contributed by atoms with Crippen molar-refractivity contribution in [3.05, 3.63) is 53.1 Å². The summed E-state index contributed by atoms with van der Waals surface area (Å²) in [6.07, 6.45) is 0.678. The second kappa shape index (κ2) is 5.79. The Hall–Kier alpha value is -2.05. The fourth-order valence-corrected chi connectivity index (χ4v) is 4.72. The molecule has 2 heterocycles. The maximum Gasteiger partial charge on any atom is 0.243 e. The van der Waals surface area contributed by atoms with Crippen LogP contribution in [0.2, 0.25) is 0 Å². The number of fused-ring (bicyclic) bond motifs is 2. The minimum Gasteiger partial charge on any atom is -0.486 e. The highest BCUT2D eigenvalue weighted by atomic mass is 32.2. The summed E-state index contributed by atoms with van der Waals surface area (Å²) >= 11 is 0. The van der Waals surface area contributed by atoms with Crippen molar-refractivity contribution in [2.45, 2.75) is 24.8 Å². The largest absolute Gasteiger partial charge is 0.486 e. The van der Waals surface area contributed by atoms with Gasteiger partial charge in [-0.1, -0.05) is 12.1 Å². The molecule has 6 heteroatoms. The smallest absolute Gasteiger partial charge is 0.243 e. The number of hydrogen-bond acceptors (Lipinski definition) is 4. The summed E-state index contributed by atoms with van der Waals surface area (Å²) in [5.74, 6) is 1.46. The van der Waals surface area contributed by atoms with Gasteiger partial charge < -0.3 is 9.47 Å². The molecule has 0 radical (unpaired) electrons. The van der Waals surface area contributed by atoms with E-state index in [0.29, 0.717) is 43.4 Å². The van der Waals surface area contributed by atoms with Gasteiger partial charge in [-0.3, -0.25) is 0 Å². The zero-order chi connectivity index (χ0) is 16.7. The number of rotatable bonds is 2. The third-order valence-corrected chi connectivity index (χ3v) is 6.31. The molecule has 2 aliphatic heterocycles. The molecule has 5 nitrogen and oxygen atoms in total. The monoisotopic (exact) mass is 345 g/mol. The Morgan fingerprint density at radius 2 is 1.71 bits per heavy atom. The normalized spacial score (nSPS) is 17.4. The molecule has 0 atom stereocenters. The minimum absolute atomic E-state index is 0.350. The van der Waals surface area contributed by atoms with E-state index in [2.05, 4.69) is 0 Å². The molecule has 0 fully saturated rings. The molecule has 0 aliphatic carbocycles. The molecule has 0 N–H and O–H groups in total. The molecule has 0 saturated heterocycles. The molecule has 0 aromatic heterocycles. The Morgan fingerprint density at radius 3 is 2.42 bits per heavy atom. The van der Waals surface area contributed by atoms with E-state index in [-0.39, 0.29) is 0 Å². The molecule has 2 aromatic carbocycles. The van der Waals surface area contributed by atoms with E-state index in [4.69, 9.17) is 9.47 Å². The van der Waals surface area contributed by atoms with Gasteiger partial charge in [0.1, 0.15) is 13.2 Å². The molecule has 0 saturated carbocycles. The molecule has 2 aliphatic rings. The average molecular weight is 345 g/mol. The zero-order valence-corrected chi connectivity index (χ0v) is 14.3. The number of hydrogen-bond donors (Lipinski definition) is 0. The van der Waals surface area contributed by atoms with Crippen LogP contribution in [0.25, 0.3) is 0 Å². The van der Waals surface area contributed by atoms with E-state index < -0.39 is 10.0 Å². The lowest BCUT2D eigenvalue weighted by Gasteiger charge is -2.30. The molecule has 0 unspecified atom stereocenters. The first-order valence-electron chi connectivity index (χ1n) is 8.02. The van der Waals surface area contributed by atoms with Crippen LogP contribution in [0.5, 0.6) is 11.5 Å². The Kier molecular flexibility index (Phi) is 3.73. The fourth-order valence-electron chi connectivity index (χ4n) is 3.20. The molecule has 24 heavy (non-hydrogen) atoms. The van der Waals surface area contributed by atoms with Gasteiger partial charge in [0.15, 0.2) is 11.5 Å². The number of benzene rings is 2. The Labute approximate surface area is 141 Å². The van der Waals surface area contributed by atoms with Crippen molar-refractivity contribution >= 4 is 10.0 Å². The van der Waals surface area contributed by atoms with Crippen molar-refractivity contribution in [1.29, 1.82) is 0 Å². The van der Waals surface area contributed by atoms with Crippen LogP contribution in [0.4, 0.5) is 0 Å². The molecular formula is C18H19NO4S. The number of nitrogens with zero attached hydrogens (tertiary/aromatic N) is 1. The minimum atomic E-state index is -3.49. The van der Waals surface area contributed by atoms with E-state index in [1.165, 1.54) is 0 Å². The van der Waals surface area contributed by atoms with E-state index in [1.54, 1.807) is 22.5 Å². The predicted molar refractivity (Wildman–Crippen MR) is 89.9 cm³/mol. The molecular weight excluding hydrogens is 326 g/mol. The molecule has 0 spiro atoms. The molecule has 0 amide bonds. The fraction of sp³-hybridized carbons (Fsp3) is 0.333. The molecule has 0 bridgehead atoms. The molecule has 2 aromatic rings. The lowest BCUT2D eigenvalue weighted by Crippen LogP contribution is -2.36. The van der Waals surface area contributed by atoms with Crippen LogP contribution in [0.15, 0.2) is 41.3 Å². The standard InChI is InChI=1S/C18H19NO4S/c1-13-3-2-4-16(9-13)24(20,21)19-6-5-14-10-17-18(11-15(14)12-19)23-8-7-22-17/h2-4,9-11H,5-8,12H2,1H3. The van der Waals surface area contributed by atoms with Crippen LogP contribution in [-0.4, -0.2) is 32.5 Å². The topological polar surface area (TPSA) is 55.8 Å². The van der Waals surface area contributed by atoms with Crippen LogP contribution in [0.1, 0.15) is 16.7 Å². The summed E-state index contributed by atoms with van der Waals surface area (Å²) in [4.78, 5) is 0.350. The second-order valence-electron chi connectivity index (χ2n) is 6.17. The van der Waals surface area contributed by atoms with Crippen LogP contribution in [0.3, 0.4) is 0 Å². The Balaban J connectivity index is 1.66. The highest BCUT2D eigenvalue weighted by Crippen LogP contribution is 2.36. The van der Waals surface area contributed by atoms with Gasteiger partial charge in [0.25, 0.3) is 0 Å². The Morgan fingerprint density at radius 1 is 1.00 bits per heavy atom. The van der Waals surface area contributed by atoms with Crippen LogP contribution in [0, 0.1) is 6.92 Å². The molecule has 126 valence electrons. The van der Waals surface area contributed by atoms with Crippen molar-refractivity contribution in [2.75, 3.05) is 19.8 Å². The van der Waals surface area contributed by atoms with Crippen LogP contribution in [-0.2, 0) is 23.0 Å².